The van der Waals surface area contributed by atoms with Crippen molar-refractivity contribution >= 4 is 11.9 Å². The Kier molecular flexibility index (Phi) is 46.2. The summed E-state index contributed by atoms with van der Waals surface area (Å²) in [5.74, 6) is -0.132. The quantitative estimate of drug-likeness (QED) is 0.0323. The number of aliphatic hydroxyl groups is 2. The van der Waals surface area contributed by atoms with E-state index < -0.39 is 12.1 Å². The summed E-state index contributed by atoms with van der Waals surface area (Å²) in [5.41, 5.74) is 0. The molecule has 0 bridgehead atoms. The summed E-state index contributed by atoms with van der Waals surface area (Å²) < 4.78 is 5.45. The number of nitrogens with one attached hydrogen (secondary N) is 1. The fourth-order valence-electron chi connectivity index (χ4n) is 7.49. The number of allylic oxidation sites excluding steroid dienone is 5. The molecule has 0 spiro atoms. The van der Waals surface area contributed by atoms with Crippen molar-refractivity contribution in [1.82, 2.24) is 5.32 Å². The molecule has 3 N–H and O–H groups in total. The molecule has 0 heterocycles. The Bertz CT molecular complexity index is 946. The van der Waals surface area contributed by atoms with E-state index in [0.29, 0.717) is 19.4 Å². The summed E-state index contributed by atoms with van der Waals surface area (Å²) in [4.78, 5) is 24.5. The molecule has 2 atom stereocenters. The van der Waals surface area contributed by atoms with E-state index in [9.17, 15) is 19.8 Å². The van der Waals surface area contributed by atoms with Crippen LogP contribution in [0.25, 0.3) is 0 Å². The molecule has 0 aromatic heterocycles. The number of ether oxygens (including phenoxy) is 1. The van der Waals surface area contributed by atoms with E-state index in [4.69, 9.17) is 4.74 Å². The number of amides is 1. The Morgan fingerprint density at radius 2 is 0.862 bits per heavy atom. The number of carbonyl (C=O) groups excluding carboxylic acids is 2. The molecule has 0 rings (SSSR count). The number of aliphatic hydroxyl groups excluding tert-OH is 2. The summed E-state index contributed by atoms with van der Waals surface area (Å²) in [5, 5.41) is 23.0. The molecule has 0 aliphatic carbocycles. The molecule has 0 saturated heterocycles. The number of rotatable bonds is 46. The van der Waals surface area contributed by atoms with Crippen LogP contribution in [0.3, 0.4) is 0 Å². The monoisotopic (exact) mass is 816 g/mol. The van der Waals surface area contributed by atoms with Gasteiger partial charge in [0, 0.05) is 12.8 Å². The van der Waals surface area contributed by atoms with Gasteiger partial charge >= 0.3 is 5.97 Å². The van der Waals surface area contributed by atoms with Gasteiger partial charge in [0.2, 0.25) is 5.91 Å². The molecule has 0 saturated carbocycles. The highest BCUT2D eigenvalue weighted by Crippen LogP contribution is 2.15. The normalized spacial score (nSPS) is 13.0. The molecule has 1 amide bonds. The maximum Gasteiger partial charge on any atom is 0.305 e. The van der Waals surface area contributed by atoms with Crippen molar-refractivity contribution in [2.75, 3.05) is 13.2 Å². The van der Waals surface area contributed by atoms with Gasteiger partial charge in [-0.25, -0.2) is 0 Å². The average Bonchev–Trinajstić information content (AvgIpc) is 3.22. The minimum absolute atomic E-state index is 0.0356. The molecule has 0 aromatic carbocycles. The fourth-order valence-corrected chi connectivity index (χ4v) is 7.49. The second-order valence-corrected chi connectivity index (χ2v) is 17.1. The third kappa shape index (κ3) is 43.7. The van der Waals surface area contributed by atoms with Crippen LogP contribution in [0.5, 0.6) is 0 Å². The first kappa shape index (κ1) is 56.1. The van der Waals surface area contributed by atoms with Crippen molar-refractivity contribution in [3.8, 4) is 0 Å². The van der Waals surface area contributed by atoms with E-state index in [1.165, 1.54) is 167 Å². The average molecular weight is 816 g/mol. The molecule has 6 nitrogen and oxygen atoms in total. The van der Waals surface area contributed by atoms with Crippen molar-refractivity contribution < 1.29 is 24.5 Å². The van der Waals surface area contributed by atoms with E-state index in [-0.39, 0.29) is 18.5 Å². The number of esters is 1. The van der Waals surface area contributed by atoms with Crippen molar-refractivity contribution in [3.05, 3.63) is 36.5 Å². The maximum atomic E-state index is 12.4. The number of unbranched alkanes of at least 4 members (excludes halogenated alkanes) is 31. The van der Waals surface area contributed by atoms with Gasteiger partial charge in [0.25, 0.3) is 0 Å². The second kappa shape index (κ2) is 47.8. The lowest BCUT2D eigenvalue weighted by molar-refractivity contribution is -0.143. The smallest absolute Gasteiger partial charge is 0.305 e. The molecule has 0 aliphatic rings. The summed E-state index contributed by atoms with van der Waals surface area (Å²) in [6, 6.07) is -0.648. The van der Waals surface area contributed by atoms with Crippen LogP contribution in [0.1, 0.15) is 258 Å². The van der Waals surface area contributed by atoms with E-state index in [1.54, 1.807) is 6.08 Å². The molecule has 2 unspecified atom stereocenters. The second-order valence-electron chi connectivity index (χ2n) is 17.1. The van der Waals surface area contributed by atoms with Crippen LogP contribution in [0, 0.1) is 0 Å². The first-order chi connectivity index (χ1) is 28.5. The molecule has 0 radical (unpaired) electrons. The Morgan fingerprint density at radius 3 is 1.34 bits per heavy atom. The maximum absolute atomic E-state index is 12.4. The van der Waals surface area contributed by atoms with Gasteiger partial charge in [0.1, 0.15) is 0 Å². The van der Waals surface area contributed by atoms with Crippen LogP contribution in [-0.4, -0.2) is 47.4 Å². The van der Waals surface area contributed by atoms with Crippen molar-refractivity contribution in [2.24, 2.45) is 0 Å². The fraction of sp³-hybridized carbons (Fsp3) is 0.846. The van der Waals surface area contributed by atoms with Crippen LogP contribution >= 0.6 is 0 Å². The van der Waals surface area contributed by atoms with Gasteiger partial charge in [-0.1, -0.05) is 217 Å². The third-order valence-corrected chi connectivity index (χ3v) is 11.4. The lowest BCUT2D eigenvalue weighted by Crippen LogP contribution is -2.45. The molecular weight excluding hydrogens is 719 g/mol. The van der Waals surface area contributed by atoms with Gasteiger partial charge in [-0.05, 0) is 64.2 Å². The molecule has 340 valence electrons. The zero-order valence-corrected chi connectivity index (χ0v) is 38.5. The highest BCUT2D eigenvalue weighted by atomic mass is 16.5. The highest BCUT2D eigenvalue weighted by Gasteiger charge is 2.18. The van der Waals surface area contributed by atoms with Crippen LogP contribution in [0.15, 0.2) is 36.5 Å². The van der Waals surface area contributed by atoms with Gasteiger partial charge < -0.3 is 20.3 Å². The lowest BCUT2D eigenvalue weighted by Gasteiger charge is -2.20. The highest BCUT2D eigenvalue weighted by molar-refractivity contribution is 5.76. The zero-order chi connectivity index (χ0) is 42.3. The number of carbonyl (C=O) groups is 2. The van der Waals surface area contributed by atoms with Gasteiger partial charge in [-0.15, -0.1) is 0 Å². The van der Waals surface area contributed by atoms with Gasteiger partial charge in [-0.3, -0.25) is 9.59 Å². The van der Waals surface area contributed by atoms with Gasteiger partial charge in [-0.2, -0.15) is 0 Å². The van der Waals surface area contributed by atoms with E-state index in [0.717, 1.165) is 64.2 Å². The Balaban J connectivity index is 3.53. The van der Waals surface area contributed by atoms with Crippen LogP contribution < -0.4 is 5.32 Å². The Labute approximate surface area is 360 Å². The van der Waals surface area contributed by atoms with E-state index in [2.05, 4.69) is 43.5 Å². The molecular formula is C52H97NO5. The van der Waals surface area contributed by atoms with Crippen molar-refractivity contribution in [3.63, 3.8) is 0 Å². The Hall–Kier alpha value is -1.92. The predicted molar refractivity (Wildman–Crippen MR) is 250 cm³/mol. The largest absolute Gasteiger partial charge is 0.466 e. The van der Waals surface area contributed by atoms with Crippen molar-refractivity contribution in [2.45, 2.75) is 270 Å². The standard InChI is InChI=1S/C52H97NO5/c1-3-5-7-9-11-13-15-17-19-20-22-24-26-30-34-38-42-46-52(57)58-47-43-39-35-31-27-29-33-37-41-45-51(56)53-49(48-54)50(55)44-40-36-32-28-25-23-21-18-16-14-12-10-8-6-4-2/h11,13,17,19,40,44,49-50,54-55H,3-10,12,14-16,18,20-39,41-43,45-48H2,1-2H3,(H,53,56)/b13-11-,19-17-,44-40+. The summed E-state index contributed by atoms with van der Waals surface area (Å²) in [6.07, 6.45) is 57.0. The van der Waals surface area contributed by atoms with Crippen molar-refractivity contribution in [1.29, 1.82) is 0 Å². The number of hydrogen-bond acceptors (Lipinski definition) is 5. The van der Waals surface area contributed by atoms with Crippen LogP contribution in [-0.2, 0) is 14.3 Å². The predicted octanol–water partition coefficient (Wildman–Crippen LogP) is 14.9. The molecule has 0 aliphatic heterocycles. The Morgan fingerprint density at radius 1 is 0.483 bits per heavy atom. The third-order valence-electron chi connectivity index (χ3n) is 11.4. The minimum atomic E-state index is -0.862. The molecule has 0 aromatic rings. The minimum Gasteiger partial charge on any atom is -0.466 e. The zero-order valence-electron chi connectivity index (χ0n) is 38.5. The SMILES string of the molecule is CCCCC/C=C\C/C=C\CCCCCCCCCC(=O)OCCCCCCCCCCCC(=O)NC(CO)C(O)/C=C/CCCCCCCCCCCCCCC. The summed E-state index contributed by atoms with van der Waals surface area (Å²) >= 11 is 0. The first-order valence-corrected chi connectivity index (χ1v) is 25.3. The van der Waals surface area contributed by atoms with E-state index >= 15 is 0 Å². The van der Waals surface area contributed by atoms with Gasteiger partial charge in [0.05, 0.1) is 25.4 Å². The van der Waals surface area contributed by atoms with Crippen LogP contribution in [0.4, 0.5) is 0 Å². The lowest BCUT2D eigenvalue weighted by atomic mass is 10.0. The summed E-state index contributed by atoms with van der Waals surface area (Å²) in [6.45, 7) is 4.80. The molecule has 6 heteroatoms. The van der Waals surface area contributed by atoms with Gasteiger partial charge in [0.15, 0.2) is 0 Å². The molecule has 58 heavy (non-hydrogen) atoms. The first-order valence-electron chi connectivity index (χ1n) is 25.3. The molecule has 0 fully saturated rings. The summed E-state index contributed by atoms with van der Waals surface area (Å²) in [7, 11) is 0. The van der Waals surface area contributed by atoms with Crippen LogP contribution in [0.2, 0.25) is 0 Å². The number of hydrogen-bond donors (Lipinski definition) is 3. The van der Waals surface area contributed by atoms with E-state index in [1.807, 2.05) is 6.08 Å². The topological polar surface area (TPSA) is 95.9 Å².